The van der Waals surface area contributed by atoms with Gasteiger partial charge in [-0.3, -0.25) is 34.0 Å². The molecule has 0 bridgehead atoms. The summed E-state index contributed by atoms with van der Waals surface area (Å²) in [6.07, 6.45) is 7.30. The number of pyridine rings is 2. The van der Waals surface area contributed by atoms with Crippen LogP contribution in [0, 0.1) is 13.8 Å². The molecule has 20 nitrogen and oxygen atoms in total. The minimum atomic E-state index is -0.284. The topological polar surface area (TPSA) is 226 Å². The monoisotopic (exact) mass is 1060 g/mol. The Kier molecular flexibility index (Phi) is 20.8. The van der Waals surface area contributed by atoms with E-state index in [1.165, 1.54) is 18.3 Å². The summed E-state index contributed by atoms with van der Waals surface area (Å²) >= 11 is 1.40. The number of nitrogens with zero attached hydrogens (tertiary/aromatic N) is 7. The number of carbonyl (C=O) groups excluding carboxylic acids is 3. The maximum Gasteiger partial charge on any atom is 0.263 e. The number of piperazine rings is 1. The van der Waals surface area contributed by atoms with Crippen molar-refractivity contribution < 1.29 is 38.1 Å². The number of ketones is 1. The Morgan fingerprint density at radius 1 is 0.750 bits per heavy atom. The van der Waals surface area contributed by atoms with Crippen LogP contribution in [0.5, 0.6) is 0 Å². The van der Waals surface area contributed by atoms with Crippen LogP contribution in [0.3, 0.4) is 0 Å². The van der Waals surface area contributed by atoms with E-state index < -0.39 is 0 Å². The fourth-order valence-corrected chi connectivity index (χ4v) is 9.99. The molecule has 4 aromatic heterocycles. The molecule has 0 unspecified atom stereocenters. The number of anilines is 5. The van der Waals surface area contributed by atoms with E-state index in [0.29, 0.717) is 125 Å². The summed E-state index contributed by atoms with van der Waals surface area (Å²) in [6.45, 7) is 14.0. The van der Waals surface area contributed by atoms with Crippen molar-refractivity contribution in [2.45, 2.75) is 52.5 Å². The van der Waals surface area contributed by atoms with Crippen LogP contribution in [0.2, 0.25) is 0 Å². The van der Waals surface area contributed by atoms with E-state index in [2.05, 4.69) is 46.0 Å². The molecule has 2 fully saturated rings. The Bertz CT molecular complexity index is 2910. The summed E-state index contributed by atoms with van der Waals surface area (Å²) < 4.78 is 29.8. The number of benzene rings is 2. The van der Waals surface area contributed by atoms with Crippen LogP contribution in [-0.2, 0) is 28.5 Å². The molecule has 5 heterocycles. The number of rotatable bonds is 29. The van der Waals surface area contributed by atoms with Crippen LogP contribution in [0.1, 0.15) is 70.5 Å². The van der Waals surface area contributed by atoms with Crippen LogP contribution < -0.4 is 31.7 Å². The third-order valence-electron chi connectivity index (χ3n) is 13.2. The Labute approximate surface area is 446 Å². The highest BCUT2D eigenvalue weighted by atomic mass is 32.1. The summed E-state index contributed by atoms with van der Waals surface area (Å²) in [6, 6.07) is 19.4. The molecular weight excluding hydrogens is 991 g/mol. The van der Waals surface area contributed by atoms with Crippen molar-refractivity contribution in [2.75, 3.05) is 133 Å². The molecule has 4 N–H and O–H groups in total. The van der Waals surface area contributed by atoms with Gasteiger partial charge in [-0.25, -0.2) is 15.0 Å². The van der Waals surface area contributed by atoms with Crippen LogP contribution in [0.4, 0.5) is 28.3 Å². The van der Waals surface area contributed by atoms with Crippen molar-refractivity contribution in [1.29, 1.82) is 0 Å². The van der Waals surface area contributed by atoms with Gasteiger partial charge < -0.3 is 44.5 Å². The first-order chi connectivity index (χ1) is 37.1. The van der Waals surface area contributed by atoms with E-state index >= 15 is 0 Å². The van der Waals surface area contributed by atoms with E-state index in [1.807, 2.05) is 79.2 Å². The van der Waals surface area contributed by atoms with Gasteiger partial charge in [0.2, 0.25) is 11.9 Å². The molecule has 1 aliphatic carbocycles. The average molecular weight is 1060 g/mol. The molecule has 1 aliphatic heterocycles. The van der Waals surface area contributed by atoms with Gasteiger partial charge in [-0.15, -0.1) is 11.3 Å². The maximum absolute atomic E-state index is 13.6. The van der Waals surface area contributed by atoms with Gasteiger partial charge in [0.05, 0.1) is 95.8 Å². The fraction of sp³-hybridized carbons (Fsp3) is 0.455. The first kappa shape index (κ1) is 55.5. The molecule has 8 rings (SSSR count). The van der Waals surface area contributed by atoms with Gasteiger partial charge in [0, 0.05) is 79.1 Å². The molecule has 2 amide bonds. The molecule has 0 spiro atoms. The van der Waals surface area contributed by atoms with Crippen molar-refractivity contribution >= 4 is 68.2 Å². The van der Waals surface area contributed by atoms with Gasteiger partial charge in [-0.05, 0) is 75.1 Å². The number of nitrogens with one attached hydrogen (secondary N) is 4. The Balaban J connectivity index is 0.595. The summed E-state index contributed by atoms with van der Waals surface area (Å²) in [7, 11) is 0. The van der Waals surface area contributed by atoms with Gasteiger partial charge in [0.15, 0.2) is 10.9 Å². The van der Waals surface area contributed by atoms with Crippen LogP contribution in [0.15, 0.2) is 83.2 Å². The maximum atomic E-state index is 13.6. The molecule has 2 aliphatic rings. The van der Waals surface area contributed by atoms with Crippen molar-refractivity contribution in [3.05, 3.63) is 111 Å². The lowest BCUT2D eigenvalue weighted by atomic mass is 10.0. The highest BCUT2D eigenvalue weighted by molar-refractivity contribution is 7.14. The zero-order valence-electron chi connectivity index (χ0n) is 43.6. The zero-order valence-corrected chi connectivity index (χ0v) is 44.5. The van der Waals surface area contributed by atoms with E-state index in [0.717, 1.165) is 80.1 Å². The molecule has 2 aromatic carbocycles. The smallest absolute Gasteiger partial charge is 0.263 e. The van der Waals surface area contributed by atoms with Crippen molar-refractivity contribution in [2.24, 2.45) is 0 Å². The quantitative estimate of drug-likeness (QED) is 0.0284. The lowest BCUT2D eigenvalue weighted by molar-refractivity contribution is -0.122. The minimum Gasteiger partial charge on any atom is -0.383 e. The number of carbonyl (C=O) groups is 3. The van der Waals surface area contributed by atoms with Gasteiger partial charge >= 0.3 is 0 Å². The number of thiazole rings is 1. The lowest BCUT2D eigenvalue weighted by Gasteiger charge is -2.35. The summed E-state index contributed by atoms with van der Waals surface area (Å²) in [5, 5.41) is 15.6. The predicted molar refractivity (Wildman–Crippen MR) is 294 cm³/mol. The van der Waals surface area contributed by atoms with Gasteiger partial charge in [0.25, 0.3) is 11.5 Å². The van der Waals surface area contributed by atoms with Crippen molar-refractivity contribution in [3.63, 3.8) is 0 Å². The third-order valence-corrected chi connectivity index (χ3v) is 14.0. The van der Waals surface area contributed by atoms with Crippen molar-refractivity contribution in [1.82, 2.24) is 34.7 Å². The molecule has 21 heteroatoms. The molecule has 0 atom stereocenters. The number of amides is 2. The minimum absolute atomic E-state index is 0.00167. The highest BCUT2D eigenvalue weighted by Gasteiger charge is 2.26. The molecule has 1 saturated heterocycles. The number of aryl methyl sites for hydroxylation is 2. The third kappa shape index (κ3) is 15.7. The second-order valence-corrected chi connectivity index (χ2v) is 19.5. The standard InChI is InChI=1S/C55H69N11O9S/c1-38-33-42(13-15-45(38)52(69)63-55-60-47(37-76-55)41-9-5-4-6-10-41)56-17-23-71-25-27-73-29-31-75-32-30-74-28-26-72-24-18-57-49(68)36-64-19-21-65(22-20-64)44-14-16-48(58-34-44)61-54-59-35-46-39(2)50(40(3)67)53(70)66(51(46)62-54)43-11-7-8-12-43/h4-6,9-10,13-16,33-35,37,43,56H,7-8,11-12,17-32,36H2,1-3H3,(H,57,68)(H,60,63,69)(H,58,59,61,62). The molecular formula is C55H69N11O9S. The summed E-state index contributed by atoms with van der Waals surface area (Å²) in [5.41, 5.74) is 6.23. The van der Waals surface area contributed by atoms with Crippen LogP contribution >= 0.6 is 11.3 Å². The molecule has 6 aromatic rings. The van der Waals surface area contributed by atoms with Gasteiger partial charge in [-0.1, -0.05) is 43.2 Å². The van der Waals surface area contributed by atoms with Crippen LogP contribution in [-0.4, -0.2) is 159 Å². The Hall–Kier alpha value is -6.72. The molecule has 76 heavy (non-hydrogen) atoms. The first-order valence-electron chi connectivity index (χ1n) is 26.1. The number of aromatic nitrogens is 5. The van der Waals surface area contributed by atoms with E-state index in [1.54, 1.807) is 17.7 Å². The summed E-state index contributed by atoms with van der Waals surface area (Å²) in [4.78, 5) is 74.5. The second-order valence-electron chi connectivity index (χ2n) is 18.6. The summed E-state index contributed by atoms with van der Waals surface area (Å²) in [5.74, 6) is 0.410. The van der Waals surface area contributed by atoms with E-state index in [9.17, 15) is 19.2 Å². The molecule has 0 radical (unpaired) electrons. The second kappa shape index (κ2) is 28.4. The van der Waals surface area contributed by atoms with E-state index in [-0.39, 0.29) is 34.8 Å². The SMILES string of the molecule is CC(=O)c1c(C)c2cnc(Nc3ccc(N4CCN(CC(=O)NCCOCCOCCOCCOCCOCCNc5ccc(C(=O)Nc6nc(-c7ccccc7)cs6)c(C)c5)CC4)cn3)nc2n(C2CCCC2)c1=O. The van der Waals surface area contributed by atoms with Crippen LogP contribution in [0.25, 0.3) is 22.3 Å². The molecule has 404 valence electrons. The number of Topliss-reactive ketones (excluding diaryl/α,β-unsaturated/α-hetero) is 1. The van der Waals surface area contributed by atoms with Crippen molar-refractivity contribution in [3.8, 4) is 11.3 Å². The van der Waals surface area contributed by atoms with Gasteiger partial charge in [-0.2, -0.15) is 4.98 Å². The fourth-order valence-electron chi connectivity index (χ4n) is 9.27. The lowest BCUT2D eigenvalue weighted by Crippen LogP contribution is -2.49. The van der Waals surface area contributed by atoms with E-state index in [4.69, 9.17) is 28.7 Å². The average Bonchev–Trinajstić information content (AvgIpc) is 4.17. The number of ether oxygens (including phenoxy) is 5. The number of hydrogen-bond acceptors (Lipinski definition) is 18. The molecule has 1 saturated carbocycles. The number of fused-ring (bicyclic) bond motifs is 1. The van der Waals surface area contributed by atoms with Gasteiger partial charge in [0.1, 0.15) is 11.5 Å². The Morgan fingerprint density at radius 3 is 2.07 bits per heavy atom. The Morgan fingerprint density at radius 2 is 1.42 bits per heavy atom. The first-order valence-corrected chi connectivity index (χ1v) is 26.9. The normalized spacial score (nSPS) is 14.1. The number of hydrogen-bond donors (Lipinski definition) is 4. The zero-order chi connectivity index (χ0) is 53.1. The highest BCUT2D eigenvalue weighted by Crippen LogP contribution is 2.32. The predicted octanol–water partition coefficient (Wildman–Crippen LogP) is 6.67. The largest absolute Gasteiger partial charge is 0.383 e.